The molecule has 0 amide bonds. The minimum absolute atomic E-state index is 0.377. The molecule has 1 aliphatic heterocycles. The van der Waals surface area contributed by atoms with Crippen LogP contribution in [-0.4, -0.2) is 18.3 Å². The molecule has 0 radical (unpaired) electrons. The molecule has 0 bridgehead atoms. The van der Waals surface area contributed by atoms with Gasteiger partial charge in [0.05, 0.1) is 16.8 Å². The zero-order valence-corrected chi connectivity index (χ0v) is 74.9. The second-order valence-electron chi connectivity index (χ2n) is 36.4. The van der Waals surface area contributed by atoms with Gasteiger partial charge in [-0.2, -0.15) is 0 Å². The molecule has 1 saturated heterocycles. The van der Waals surface area contributed by atoms with E-state index in [1.165, 1.54) is 141 Å². The van der Waals surface area contributed by atoms with E-state index < -0.39 is 7.12 Å². The van der Waals surface area contributed by atoms with E-state index in [0.717, 1.165) is 142 Å². The average Bonchev–Trinajstić information content (AvgIpc) is 1.52. The first-order valence-electron chi connectivity index (χ1n) is 45.7. The molecule has 1 fully saturated rings. The second-order valence-corrected chi connectivity index (χ2v) is 37.2. The summed E-state index contributed by atoms with van der Waals surface area (Å²) in [4.78, 5) is 0. The van der Waals surface area contributed by atoms with Gasteiger partial charge in [0, 0.05) is 76.3 Å². The van der Waals surface area contributed by atoms with Crippen LogP contribution in [0.1, 0.15) is 27.7 Å². The van der Waals surface area contributed by atoms with E-state index in [4.69, 9.17) is 35.8 Å². The third kappa shape index (κ3) is 11.9. The van der Waals surface area contributed by atoms with E-state index in [1.807, 2.05) is 6.07 Å². The van der Waals surface area contributed by atoms with Crippen molar-refractivity contribution >= 4 is 268 Å². The van der Waals surface area contributed by atoms with Gasteiger partial charge in [-0.1, -0.05) is 340 Å². The van der Waals surface area contributed by atoms with Gasteiger partial charge >= 0.3 is 7.12 Å². The first-order valence-corrected chi connectivity index (χ1v) is 46.5. The largest absolute Gasteiger partial charge is 0.496 e. The summed E-state index contributed by atoms with van der Waals surface area (Å²) in [5.74, 6) is 0. The molecule has 0 N–H and O–H groups in total. The maximum absolute atomic E-state index is 6.99. The van der Waals surface area contributed by atoms with E-state index in [9.17, 15) is 0 Å². The van der Waals surface area contributed by atoms with Crippen LogP contribution < -0.4 is 5.46 Å². The minimum atomic E-state index is -0.403. The van der Waals surface area contributed by atoms with Crippen molar-refractivity contribution in [2.45, 2.75) is 38.9 Å². The molecule has 1 aliphatic rings. The molecule has 0 spiro atoms. The summed E-state index contributed by atoms with van der Waals surface area (Å²) < 4.78 is 52.8. The predicted octanol–water partition coefficient (Wildman–Crippen LogP) is 35.7. The van der Waals surface area contributed by atoms with Gasteiger partial charge in [0.1, 0.15) is 60.3 Å². The fraction of sp³-hybridized carbons (Fsp3) is 0.0484. The van der Waals surface area contributed by atoms with Crippen molar-refractivity contribution < 1.29 is 35.8 Å². The van der Waals surface area contributed by atoms with Gasteiger partial charge in [0.25, 0.3) is 0 Å². The summed E-state index contributed by atoms with van der Waals surface area (Å²) in [6, 6.07) is 141. The molecule has 30 rings (SSSR count). The van der Waals surface area contributed by atoms with Gasteiger partial charge < -0.3 is 35.8 Å². The summed E-state index contributed by atoms with van der Waals surface area (Å²) in [5.41, 5.74) is 17.8. The standard InChI is InChI=1S/C46H26O2.C26H25BO2.C26H13BrO2.C26H14O2/c1-2-14-29(15-3-1)40-32-18-8-10-20-34(32)43(35-21-11-9-19-33(35)40)44-45-36(41-30-16-6-4-12-27(30)22-24-38(41)47-45)26-37-42-31-17-7-5-13-28(31)23-25-39(42)48-46(37)44;1-25(2)26(3,4)29-27(28-25)24-21-16-10-8-14-19(21)23(18-12-6-5-7-13-18)20-15-9-11-17-22(20)24;27-24-25-18(22-16-7-3-1-5-14(16)9-11-20(22)28-25)13-19-23-17-8-4-2-6-15(17)10-12-21(23)29-26(19)24;1-3-7-17-15(5-1)9-11-21-25(17)19-13-20-24(14-23(19)27-21)28-22-12-10-16-6-2-4-8-18(16)26(20)22/h1-26H;5-17H,1-4H3;1-13H;1-14H. The zero-order valence-electron chi connectivity index (χ0n) is 73.3. The molecule has 10 heteroatoms. The van der Waals surface area contributed by atoms with Crippen molar-refractivity contribution in [3.63, 3.8) is 0 Å². The molecule has 134 heavy (non-hydrogen) atoms. The highest BCUT2D eigenvalue weighted by Gasteiger charge is 2.53. The van der Waals surface area contributed by atoms with Gasteiger partial charge in [-0.15, -0.1) is 0 Å². The van der Waals surface area contributed by atoms with Crippen LogP contribution in [0.25, 0.3) is 273 Å². The van der Waals surface area contributed by atoms with Gasteiger partial charge in [-0.3, -0.25) is 0 Å². The summed E-state index contributed by atoms with van der Waals surface area (Å²) in [5, 5.41) is 37.6. The van der Waals surface area contributed by atoms with Crippen molar-refractivity contribution in [1.29, 1.82) is 0 Å². The van der Waals surface area contributed by atoms with Gasteiger partial charge in [0.15, 0.2) is 11.2 Å². The van der Waals surface area contributed by atoms with Gasteiger partial charge in [0.2, 0.25) is 0 Å². The highest BCUT2D eigenvalue weighted by atomic mass is 79.9. The number of benzene rings is 23. The Hall–Kier alpha value is -16.1. The van der Waals surface area contributed by atoms with Crippen LogP contribution in [0, 0.1) is 0 Å². The van der Waals surface area contributed by atoms with Crippen molar-refractivity contribution in [2.24, 2.45) is 0 Å². The number of hydrogen-bond acceptors (Lipinski definition) is 8. The molecular formula is C124H78BBrO8. The van der Waals surface area contributed by atoms with Crippen molar-refractivity contribution in [3.05, 3.63) is 405 Å². The Kier molecular flexibility index (Phi) is 17.4. The summed E-state index contributed by atoms with van der Waals surface area (Å²) in [6.45, 7) is 8.43. The Morgan fingerprint density at radius 3 is 0.731 bits per heavy atom. The summed E-state index contributed by atoms with van der Waals surface area (Å²) in [7, 11) is -0.403. The maximum Gasteiger partial charge on any atom is 0.496 e. The van der Waals surface area contributed by atoms with Crippen molar-refractivity contribution in [2.75, 3.05) is 0 Å². The maximum atomic E-state index is 6.99. The Morgan fingerprint density at radius 2 is 0.418 bits per heavy atom. The number of hydrogen-bond donors (Lipinski definition) is 0. The molecule has 632 valence electrons. The van der Waals surface area contributed by atoms with Crippen LogP contribution in [0.2, 0.25) is 0 Å². The average molecular weight is 1790 g/mol. The Morgan fingerprint density at radius 1 is 0.187 bits per heavy atom. The Bertz CT molecular complexity index is 9510. The van der Waals surface area contributed by atoms with Gasteiger partial charge in [-0.25, -0.2) is 0 Å². The predicted molar refractivity (Wildman–Crippen MR) is 564 cm³/mol. The molecular weight excluding hydrogens is 1710 g/mol. The molecule has 23 aromatic carbocycles. The van der Waals surface area contributed by atoms with E-state index in [1.54, 1.807) is 0 Å². The second kappa shape index (κ2) is 30.0. The van der Waals surface area contributed by atoms with Crippen molar-refractivity contribution in [3.8, 4) is 33.4 Å². The lowest BCUT2D eigenvalue weighted by Crippen LogP contribution is -2.41. The third-order valence-corrected chi connectivity index (χ3v) is 29.2. The number of halogens is 1. The highest BCUT2D eigenvalue weighted by Crippen LogP contribution is 2.54. The number of rotatable bonds is 4. The van der Waals surface area contributed by atoms with Crippen LogP contribution in [0.3, 0.4) is 0 Å². The zero-order chi connectivity index (χ0) is 88.9. The van der Waals surface area contributed by atoms with E-state index in [0.29, 0.717) is 0 Å². The molecule has 7 heterocycles. The lowest BCUT2D eigenvalue weighted by Gasteiger charge is -2.32. The summed E-state index contributed by atoms with van der Waals surface area (Å²) in [6.07, 6.45) is 0. The van der Waals surface area contributed by atoms with Crippen LogP contribution in [0.5, 0.6) is 0 Å². The van der Waals surface area contributed by atoms with E-state index in [-0.39, 0.29) is 11.2 Å². The monoisotopic (exact) mass is 1780 g/mol. The van der Waals surface area contributed by atoms with Crippen molar-refractivity contribution in [1.82, 2.24) is 0 Å². The molecule has 0 saturated carbocycles. The Balaban J connectivity index is 0.0000000939. The lowest BCUT2D eigenvalue weighted by molar-refractivity contribution is 0.00578. The first kappa shape index (κ1) is 77.8. The smallest absolute Gasteiger partial charge is 0.456 e. The van der Waals surface area contributed by atoms with Crippen LogP contribution in [0.4, 0.5) is 0 Å². The van der Waals surface area contributed by atoms with Gasteiger partial charge in [-0.05, 0) is 234 Å². The number of fused-ring (bicyclic) bond motifs is 34. The third-order valence-electron chi connectivity index (χ3n) is 28.5. The SMILES string of the molecule is Brc1c2oc3ccc4ccccc4c3c2cc2c1oc1ccc3ccccc3c12.CC1(C)OB(c2c3ccccc3c(-c3ccccc3)c3ccccc23)OC1(C)C.c1ccc(-c2c3ccccc3c(-c3c4oc5ccc6ccccc6c5c4cc4c3oc3ccc5ccccc5c34)c3ccccc23)cc1.c1ccc2c(c1)ccc1oc3cc4oc5ccc6ccccc6c5c4cc3c12. The van der Waals surface area contributed by atoms with Crippen LogP contribution in [-0.2, 0) is 9.31 Å². The van der Waals surface area contributed by atoms with Crippen LogP contribution in [0.15, 0.2) is 431 Å². The first-order chi connectivity index (χ1) is 65.9. The topological polar surface area (TPSA) is 97.3 Å². The fourth-order valence-electron chi connectivity index (χ4n) is 21.7. The normalized spacial score (nSPS) is 13.5. The molecule has 0 atom stereocenters. The molecule has 6 aromatic heterocycles. The molecule has 29 aromatic rings. The molecule has 0 aliphatic carbocycles. The molecule has 0 unspecified atom stereocenters. The minimum Gasteiger partial charge on any atom is -0.456 e. The van der Waals surface area contributed by atoms with E-state index >= 15 is 0 Å². The number of furan rings is 6. The lowest BCUT2D eigenvalue weighted by atomic mass is 9.71. The van der Waals surface area contributed by atoms with E-state index in [2.05, 4.69) is 438 Å². The van der Waals surface area contributed by atoms with Crippen LogP contribution >= 0.6 is 15.9 Å². The quantitative estimate of drug-likeness (QED) is 0.127. The highest BCUT2D eigenvalue weighted by molar-refractivity contribution is 9.10. The Labute approximate surface area is 775 Å². The fourth-order valence-corrected chi connectivity index (χ4v) is 22.3. The molecule has 8 nitrogen and oxygen atoms in total. The summed E-state index contributed by atoms with van der Waals surface area (Å²) >= 11 is 3.78.